The van der Waals surface area contributed by atoms with Gasteiger partial charge < -0.3 is 15.3 Å². The van der Waals surface area contributed by atoms with Gasteiger partial charge in [0.1, 0.15) is 11.4 Å². The van der Waals surface area contributed by atoms with E-state index >= 15 is 0 Å². The number of aliphatic imine (C=N–C) groups is 1. The SMILES string of the molecule is CC(C)S(=O)(=O)c1ccc(-c2ccccc2N2C(=O)N=C(NC3CCCCC3)[C@]23CCN(C(=O)O)[C@@H](C)C3Cc2ccccc2)cc1. The lowest BCUT2D eigenvalue weighted by Gasteiger charge is -2.53. The van der Waals surface area contributed by atoms with Crippen molar-refractivity contribution < 1.29 is 23.1 Å². The molecule has 1 unspecified atom stereocenters. The van der Waals surface area contributed by atoms with E-state index in [1.54, 1.807) is 38.1 Å². The Balaban J connectivity index is 1.50. The number of carboxylic acid groups (broad SMARTS) is 1. The fourth-order valence-corrected chi connectivity index (χ4v) is 8.85. The summed E-state index contributed by atoms with van der Waals surface area (Å²) in [7, 11) is -3.45. The maximum atomic E-state index is 14.4. The van der Waals surface area contributed by atoms with Gasteiger partial charge in [0, 0.05) is 30.1 Å². The second kappa shape index (κ2) is 13.1. The van der Waals surface area contributed by atoms with Gasteiger partial charge in [-0.3, -0.25) is 4.90 Å². The third-order valence-corrected chi connectivity index (χ3v) is 12.5. The molecule has 2 fully saturated rings. The third kappa shape index (κ3) is 6.04. The number of nitrogens with one attached hydrogen (secondary N) is 1. The van der Waals surface area contributed by atoms with Crippen LogP contribution in [-0.2, 0) is 16.3 Å². The van der Waals surface area contributed by atoms with Crippen LogP contribution in [-0.4, -0.2) is 65.8 Å². The molecule has 3 atom stereocenters. The number of para-hydroxylation sites is 1. The molecule has 6 rings (SSSR count). The smallest absolute Gasteiger partial charge is 0.407 e. The number of rotatable bonds is 7. The van der Waals surface area contributed by atoms with Crippen LogP contribution in [0.15, 0.2) is 88.8 Å². The van der Waals surface area contributed by atoms with Gasteiger partial charge in [-0.05, 0) is 75.8 Å². The molecule has 2 heterocycles. The summed E-state index contributed by atoms with van der Waals surface area (Å²) in [5.41, 5.74) is 2.33. The number of carbonyl (C=O) groups excluding carboxylic acids is 1. The molecule has 1 spiro atoms. The van der Waals surface area contributed by atoms with Crippen molar-refractivity contribution in [2.75, 3.05) is 11.4 Å². The Bertz CT molecular complexity index is 1750. The van der Waals surface area contributed by atoms with Crippen LogP contribution in [0, 0.1) is 5.92 Å². The van der Waals surface area contributed by atoms with Crippen LogP contribution < -0.4 is 10.2 Å². The largest absolute Gasteiger partial charge is 0.465 e. The number of amides is 3. The van der Waals surface area contributed by atoms with Crippen molar-refractivity contribution in [2.45, 2.75) is 93.5 Å². The van der Waals surface area contributed by atoms with Gasteiger partial charge in [-0.25, -0.2) is 18.0 Å². The van der Waals surface area contributed by atoms with E-state index in [0.717, 1.165) is 42.4 Å². The summed E-state index contributed by atoms with van der Waals surface area (Å²) in [5.74, 6) is 0.308. The third-order valence-electron chi connectivity index (χ3n) is 10.4. The van der Waals surface area contributed by atoms with Crippen LogP contribution in [0.1, 0.15) is 64.9 Å². The van der Waals surface area contributed by atoms with Crippen LogP contribution in [0.2, 0.25) is 0 Å². The minimum Gasteiger partial charge on any atom is -0.465 e. The second-order valence-corrected chi connectivity index (χ2v) is 15.9. The van der Waals surface area contributed by atoms with E-state index in [4.69, 9.17) is 4.99 Å². The molecule has 1 saturated carbocycles. The Morgan fingerprint density at radius 3 is 2.30 bits per heavy atom. The number of anilines is 1. The highest BCUT2D eigenvalue weighted by Gasteiger charge is 2.60. The second-order valence-electron chi connectivity index (χ2n) is 13.4. The number of benzene rings is 3. The molecule has 0 radical (unpaired) electrons. The number of carbonyl (C=O) groups is 2. The molecule has 248 valence electrons. The lowest BCUT2D eigenvalue weighted by molar-refractivity contribution is 0.0623. The molecule has 1 aliphatic carbocycles. The fourth-order valence-electron chi connectivity index (χ4n) is 7.79. The van der Waals surface area contributed by atoms with Crippen molar-refractivity contribution in [3.05, 3.63) is 84.4 Å². The molecule has 3 aromatic carbocycles. The summed E-state index contributed by atoms with van der Waals surface area (Å²) in [5, 5.41) is 13.4. The summed E-state index contributed by atoms with van der Waals surface area (Å²) in [6.45, 7) is 5.53. The minimum atomic E-state index is -3.45. The van der Waals surface area contributed by atoms with Crippen molar-refractivity contribution in [3.63, 3.8) is 0 Å². The van der Waals surface area contributed by atoms with E-state index in [1.165, 1.54) is 11.3 Å². The van der Waals surface area contributed by atoms with Crippen LogP contribution in [0.4, 0.5) is 15.3 Å². The molecule has 2 aliphatic heterocycles. The van der Waals surface area contributed by atoms with E-state index in [9.17, 15) is 23.1 Å². The lowest BCUT2D eigenvalue weighted by atomic mass is 9.68. The Morgan fingerprint density at radius 1 is 0.979 bits per heavy atom. The standard InChI is InChI=1S/C37H44N4O5S/c1-25(2)47(45,46)30-20-18-28(19-21-30)31-16-10-11-17-33(31)41-35(42)39-34(38-29-14-8-5-9-15-29)37(41)22-23-40(36(43)44)26(3)32(37)24-27-12-6-4-7-13-27/h4,6-7,10-13,16-21,25-26,29,32H,5,8-9,14-15,22-24H2,1-3H3,(H,43,44)(H,38,39,42)/t26-,32?,37+/m0/s1. The van der Waals surface area contributed by atoms with Crippen LogP contribution in [0.25, 0.3) is 11.1 Å². The molecule has 1 saturated heterocycles. The normalized spacial score (nSPS) is 23.7. The number of urea groups is 1. The molecule has 47 heavy (non-hydrogen) atoms. The fraction of sp³-hybridized carbons (Fsp3) is 0.432. The van der Waals surface area contributed by atoms with Gasteiger partial charge in [-0.15, -0.1) is 0 Å². The first-order chi connectivity index (χ1) is 22.5. The summed E-state index contributed by atoms with van der Waals surface area (Å²) in [6, 6.07) is 23.9. The van der Waals surface area contributed by atoms with Gasteiger partial charge in [0.05, 0.1) is 15.8 Å². The molecule has 0 aromatic heterocycles. The summed E-state index contributed by atoms with van der Waals surface area (Å²) >= 11 is 0. The number of likely N-dealkylation sites (tertiary alicyclic amines) is 1. The van der Waals surface area contributed by atoms with E-state index in [1.807, 2.05) is 66.4 Å². The number of hydrogen-bond acceptors (Lipinski definition) is 5. The van der Waals surface area contributed by atoms with E-state index < -0.39 is 32.8 Å². The highest BCUT2D eigenvalue weighted by Crippen LogP contribution is 2.48. The van der Waals surface area contributed by atoms with Gasteiger partial charge >= 0.3 is 12.1 Å². The van der Waals surface area contributed by atoms with Crippen molar-refractivity contribution in [1.82, 2.24) is 10.2 Å². The zero-order valence-corrected chi connectivity index (χ0v) is 28.1. The van der Waals surface area contributed by atoms with E-state index in [-0.39, 0.29) is 29.4 Å². The topological polar surface area (TPSA) is 119 Å². The Hall–Kier alpha value is -4.18. The van der Waals surface area contributed by atoms with Crippen molar-refractivity contribution in [1.29, 1.82) is 0 Å². The number of nitrogens with zero attached hydrogens (tertiary/aromatic N) is 3. The van der Waals surface area contributed by atoms with Gasteiger partial charge in [-0.1, -0.05) is 79.9 Å². The molecule has 3 aliphatic rings. The molecule has 9 nitrogen and oxygen atoms in total. The zero-order chi connectivity index (χ0) is 33.3. The highest BCUT2D eigenvalue weighted by molar-refractivity contribution is 7.92. The van der Waals surface area contributed by atoms with E-state index in [0.29, 0.717) is 24.4 Å². The quantitative estimate of drug-likeness (QED) is 0.278. The lowest BCUT2D eigenvalue weighted by Crippen LogP contribution is -2.70. The number of piperidine rings is 1. The molecule has 3 aromatic rings. The molecular weight excluding hydrogens is 612 g/mol. The van der Waals surface area contributed by atoms with Crippen molar-refractivity contribution in [2.24, 2.45) is 10.9 Å². The first-order valence-electron chi connectivity index (χ1n) is 16.7. The van der Waals surface area contributed by atoms with Crippen molar-refractivity contribution in [3.8, 4) is 11.1 Å². The maximum absolute atomic E-state index is 14.4. The number of amidine groups is 1. The number of hydrogen-bond donors (Lipinski definition) is 2. The predicted molar refractivity (Wildman–Crippen MR) is 185 cm³/mol. The highest BCUT2D eigenvalue weighted by atomic mass is 32.2. The Labute approximate surface area is 277 Å². The van der Waals surface area contributed by atoms with E-state index in [2.05, 4.69) is 5.32 Å². The van der Waals surface area contributed by atoms with Crippen molar-refractivity contribution >= 4 is 33.5 Å². The molecule has 2 N–H and O–H groups in total. The monoisotopic (exact) mass is 656 g/mol. The summed E-state index contributed by atoms with van der Waals surface area (Å²) < 4.78 is 25.7. The van der Waals surface area contributed by atoms with Gasteiger partial charge in [0.15, 0.2) is 9.84 Å². The molecule has 10 heteroatoms. The predicted octanol–water partition coefficient (Wildman–Crippen LogP) is 7.17. The van der Waals surface area contributed by atoms with Crippen LogP contribution in [0.5, 0.6) is 0 Å². The molecule has 3 amide bonds. The minimum absolute atomic E-state index is 0.183. The maximum Gasteiger partial charge on any atom is 0.407 e. The van der Waals surface area contributed by atoms with Gasteiger partial charge in [0.2, 0.25) is 0 Å². The van der Waals surface area contributed by atoms with Crippen LogP contribution in [0.3, 0.4) is 0 Å². The Kier molecular flexibility index (Phi) is 9.16. The molecular formula is C37H44N4O5S. The average Bonchev–Trinajstić information content (AvgIpc) is 3.33. The first-order valence-corrected chi connectivity index (χ1v) is 18.3. The summed E-state index contributed by atoms with van der Waals surface area (Å²) in [4.78, 5) is 35.2. The number of sulfone groups is 1. The van der Waals surface area contributed by atoms with Gasteiger partial charge in [-0.2, -0.15) is 4.99 Å². The van der Waals surface area contributed by atoms with Crippen LogP contribution >= 0.6 is 0 Å². The first kappa shape index (κ1) is 32.7. The zero-order valence-electron chi connectivity index (χ0n) is 27.3. The van der Waals surface area contributed by atoms with Gasteiger partial charge in [0.25, 0.3) is 0 Å². The summed E-state index contributed by atoms with van der Waals surface area (Å²) in [6.07, 6.45) is 5.34. The average molecular weight is 657 g/mol. The molecule has 0 bridgehead atoms. The Morgan fingerprint density at radius 2 is 1.64 bits per heavy atom.